The lowest BCUT2D eigenvalue weighted by Gasteiger charge is -2.41. The van der Waals surface area contributed by atoms with E-state index in [9.17, 15) is 14.4 Å². The number of hydrogen-bond donors (Lipinski definition) is 0. The lowest BCUT2D eigenvalue weighted by Crippen LogP contribution is -2.54. The van der Waals surface area contributed by atoms with E-state index in [0.29, 0.717) is 43.9 Å². The Bertz CT molecular complexity index is 854. The van der Waals surface area contributed by atoms with Crippen LogP contribution in [0, 0.1) is 0 Å². The molecule has 0 spiro atoms. The highest BCUT2D eigenvalue weighted by atomic mass is 16.5. The molecule has 2 atom stereocenters. The third kappa shape index (κ3) is 3.55. The minimum absolute atomic E-state index is 0.00437. The van der Waals surface area contributed by atoms with Gasteiger partial charge in [-0.15, -0.1) is 0 Å². The quantitative estimate of drug-likeness (QED) is 0.578. The molecular weight excluding hydrogens is 372 g/mol. The van der Waals surface area contributed by atoms with Crippen molar-refractivity contribution in [1.29, 1.82) is 0 Å². The second-order valence-electron chi connectivity index (χ2n) is 7.76. The van der Waals surface area contributed by atoms with Gasteiger partial charge in [0.2, 0.25) is 0 Å². The van der Waals surface area contributed by atoms with Crippen molar-refractivity contribution in [3.05, 3.63) is 41.0 Å². The second-order valence-corrected chi connectivity index (χ2v) is 7.76. The number of methoxy groups -OCH3 is 1. The molecule has 3 heterocycles. The van der Waals surface area contributed by atoms with Crippen molar-refractivity contribution < 1.29 is 23.9 Å². The summed E-state index contributed by atoms with van der Waals surface area (Å²) in [5.41, 5.74) is 3.03. The van der Waals surface area contributed by atoms with Crippen LogP contribution in [0.1, 0.15) is 42.1 Å². The zero-order valence-electron chi connectivity index (χ0n) is 16.8. The smallest absolute Gasteiger partial charge is 0.336 e. The van der Waals surface area contributed by atoms with Gasteiger partial charge in [-0.2, -0.15) is 0 Å². The number of nitrogens with zero attached hydrogens (tertiary/aromatic N) is 2. The lowest BCUT2D eigenvalue weighted by atomic mass is 9.88. The van der Waals surface area contributed by atoms with Crippen LogP contribution in [0.4, 0.5) is 4.79 Å². The third-order valence-corrected chi connectivity index (χ3v) is 6.15. The summed E-state index contributed by atoms with van der Waals surface area (Å²) >= 11 is 0. The number of amides is 2. The molecule has 29 heavy (non-hydrogen) atoms. The van der Waals surface area contributed by atoms with Gasteiger partial charge in [-0.3, -0.25) is 4.79 Å². The number of Topliss-reactive ketones (excluding diaryl/α,β-unsaturated/α-hetero) is 1. The van der Waals surface area contributed by atoms with Crippen LogP contribution in [0.15, 0.2) is 29.8 Å². The van der Waals surface area contributed by atoms with Gasteiger partial charge in [0, 0.05) is 24.7 Å². The molecule has 3 aliphatic heterocycles. The molecule has 7 nitrogen and oxygen atoms in total. The highest BCUT2D eigenvalue weighted by Gasteiger charge is 2.47. The van der Waals surface area contributed by atoms with Gasteiger partial charge in [0.1, 0.15) is 0 Å². The number of ether oxygens (including phenoxy) is 2. The van der Waals surface area contributed by atoms with Gasteiger partial charge in [0.05, 0.1) is 31.9 Å². The van der Waals surface area contributed by atoms with Gasteiger partial charge >= 0.3 is 12.0 Å². The number of carbonyl (C=O) groups is 3. The van der Waals surface area contributed by atoms with Crippen LogP contribution in [0.2, 0.25) is 0 Å². The minimum Gasteiger partial charge on any atom is -0.466 e. The van der Waals surface area contributed by atoms with Crippen molar-refractivity contribution in [3.8, 4) is 0 Å². The van der Waals surface area contributed by atoms with Crippen molar-refractivity contribution in [2.45, 2.75) is 38.3 Å². The van der Waals surface area contributed by atoms with Gasteiger partial charge in [-0.25, -0.2) is 9.59 Å². The Hall–Kier alpha value is -2.67. The summed E-state index contributed by atoms with van der Waals surface area (Å²) in [5, 5.41) is 0. The summed E-state index contributed by atoms with van der Waals surface area (Å²) in [6.07, 6.45) is 2.22. The first-order chi connectivity index (χ1) is 14.0. The van der Waals surface area contributed by atoms with Gasteiger partial charge in [0.15, 0.2) is 5.78 Å². The average molecular weight is 398 g/mol. The summed E-state index contributed by atoms with van der Waals surface area (Å²) in [6, 6.07) is 7.10. The number of morpholine rings is 1. The highest BCUT2D eigenvalue weighted by molar-refractivity contribution is 6.01. The maximum atomic E-state index is 13.2. The number of fused-ring (bicyclic) bond motifs is 2. The van der Waals surface area contributed by atoms with Crippen LogP contribution in [0.3, 0.4) is 0 Å². The number of ketones is 1. The molecule has 0 aromatic heterocycles. The van der Waals surface area contributed by atoms with Gasteiger partial charge in [-0.1, -0.05) is 24.3 Å². The molecule has 0 saturated carbocycles. The average Bonchev–Trinajstić information content (AvgIpc) is 3.06. The summed E-state index contributed by atoms with van der Waals surface area (Å²) in [7, 11) is 1.38. The molecular formula is C22H26N2O5. The minimum atomic E-state index is -0.388. The fourth-order valence-corrected chi connectivity index (χ4v) is 4.67. The van der Waals surface area contributed by atoms with Crippen LogP contribution >= 0.6 is 0 Å². The van der Waals surface area contributed by atoms with Crippen LogP contribution in [-0.4, -0.2) is 73.1 Å². The first-order valence-electron chi connectivity index (χ1n) is 10.1. The van der Waals surface area contributed by atoms with Crippen LogP contribution in [-0.2, 0) is 14.3 Å². The second kappa shape index (κ2) is 7.99. The number of esters is 1. The number of benzene rings is 1. The van der Waals surface area contributed by atoms with E-state index in [2.05, 4.69) is 0 Å². The Morgan fingerprint density at radius 3 is 2.38 bits per heavy atom. The summed E-state index contributed by atoms with van der Waals surface area (Å²) < 4.78 is 10.5. The normalized spacial score (nSPS) is 23.9. The fraction of sp³-hybridized carbons (Fsp3) is 0.500. The molecule has 2 saturated heterocycles. The van der Waals surface area contributed by atoms with Crippen molar-refractivity contribution in [3.63, 3.8) is 0 Å². The molecule has 0 unspecified atom stereocenters. The van der Waals surface area contributed by atoms with Crippen LogP contribution < -0.4 is 0 Å². The molecule has 1 aromatic rings. The number of carbonyl (C=O) groups excluding carboxylic acids is 3. The van der Waals surface area contributed by atoms with Crippen molar-refractivity contribution >= 4 is 23.4 Å². The maximum Gasteiger partial charge on any atom is 0.336 e. The molecule has 3 aliphatic rings. The largest absolute Gasteiger partial charge is 0.466 e. The van der Waals surface area contributed by atoms with E-state index in [1.54, 1.807) is 12.1 Å². The van der Waals surface area contributed by atoms with E-state index in [0.717, 1.165) is 24.0 Å². The van der Waals surface area contributed by atoms with E-state index < -0.39 is 0 Å². The van der Waals surface area contributed by atoms with E-state index in [4.69, 9.17) is 9.47 Å². The molecule has 7 heteroatoms. The summed E-state index contributed by atoms with van der Waals surface area (Å²) in [4.78, 5) is 41.3. The van der Waals surface area contributed by atoms with Gasteiger partial charge in [0.25, 0.3) is 0 Å². The Labute approximate surface area is 170 Å². The molecule has 2 fully saturated rings. The number of rotatable bonds is 3. The number of hydrogen-bond acceptors (Lipinski definition) is 5. The standard InChI is InChI=1S/C22H26N2O5/c1-14(25)15-3-5-16(6-4-15)18-13-17-7-8-19(20(18)21(26)28-2)24(17)22(27)23-9-11-29-12-10-23/h3-6,17,19H,7-13H2,1-2H3/t17-,19+/m1/s1. The lowest BCUT2D eigenvalue weighted by molar-refractivity contribution is -0.136. The van der Waals surface area contributed by atoms with Crippen molar-refractivity contribution in [1.82, 2.24) is 9.80 Å². The van der Waals surface area contributed by atoms with E-state index >= 15 is 0 Å². The molecule has 2 amide bonds. The first kappa shape index (κ1) is 19.6. The van der Waals surface area contributed by atoms with Crippen molar-refractivity contribution in [2.24, 2.45) is 0 Å². The SMILES string of the molecule is COC(=O)C1=C(c2ccc(C(C)=O)cc2)C[C@H]2CC[C@@H]1N2C(=O)N1CCOCC1. The monoisotopic (exact) mass is 398 g/mol. The fourth-order valence-electron chi connectivity index (χ4n) is 4.67. The Balaban J connectivity index is 1.70. The Morgan fingerprint density at radius 2 is 1.76 bits per heavy atom. The zero-order chi connectivity index (χ0) is 20.5. The molecule has 0 aliphatic carbocycles. The highest BCUT2D eigenvalue weighted by Crippen LogP contribution is 2.44. The van der Waals surface area contributed by atoms with E-state index in [1.807, 2.05) is 21.9 Å². The Kier molecular flexibility index (Phi) is 5.41. The van der Waals surface area contributed by atoms with E-state index in [1.165, 1.54) is 14.0 Å². The first-order valence-corrected chi connectivity index (χ1v) is 10.1. The topological polar surface area (TPSA) is 76.2 Å². The molecule has 0 radical (unpaired) electrons. The zero-order valence-corrected chi connectivity index (χ0v) is 16.8. The van der Waals surface area contributed by atoms with E-state index in [-0.39, 0.29) is 29.9 Å². The molecule has 4 rings (SSSR count). The number of urea groups is 1. The van der Waals surface area contributed by atoms with Gasteiger partial charge in [-0.05, 0) is 37.3 Å². The molecule has 154 valence electrons. The van der Waals surface area contributed by atoms with Crippen LogP contribution in [0.25, 0.3) is 5.57 Å². The maximum absolute atomic E-state index is 13.2. The van der Waals surface area contributed by atoms with Gasteiger partial charge < -0.3 is 19.3 Å². The predicted octanol–water partition coefficient (Wildman–Crippen LogP) is 2.50. The predicted molar refractivity (Wildman–Crippen MR) is 106 cm³/mol. The molecule has 0 N–H and O–H groups in total. The third-order valence-electron chi connectivity index (χ3n) is 6.15. The molecule has 2 bridgehead atoms. The van der Waals surface area contributed by atoms with Crippen molar-refractivity contribution in [2.75, 3.05) is 33.4 Å². The van der Waals surface area contributed by atoms with Crippen LogP contribution in [0.5, 0.6) is 0 Å². The summed E-state index contributed by atoms with van der Waals surface area (Å²) in [6.45, 7) is 3.77. The Morgan fingerprint density at radius 1 is 1.07 bits per heavy atom. The molecule has 1 aromatic carbocycles. The summed E-state index contributed by atoms with van der Waals surface area (Å²) in [5.74, 6) is -0.384.